The molecule has 0 spiro atoms. The Bertz CT molecular complexity index is 183. The minimum atomic E-state index is -0.0869. The molecule has 0 radical (unpaired) electrons. The van der Waals surface area contributed by atoms with Crippen molar-refractivity contribution in [2.75, 3.05) is 0 Å². The number of rotatable bonds is 6. The molecule has 2 unspecified atom stereocenters. The van der Waals surface area contributed by atoms with Gasteiger partial charge in [-0.05, 0) is 25.7 Å². The first-order valence-corrected chi connectivity index (χ1v) is 7.16. The van der Waals surface area contributed by atoms with Crippen LogP contribution in [0.25, 0.3) is 0 Å². The van der Waals surface area contributed by atoms with Crippen LogP contribution >= 0.6 is 0 Å². The highest BCUT2D eigenvalue weighted by molar-refractivity contribution is 5.08. The molecular weight excluding hydrogens is 196 g/mol. The summed E-state index contributed by atoms with van der Waals surface area (Å²) >= 11 is 0. The topological polar surface area (TPSA) is 52.0 Å². The van der Waals surface area contributed by atoms with Crippen molar-refractivity contribution in [2.45, 2.75) is 89.1 Å². The van der Waals surface area contributed by atoms with Gasteiger partial charge in [0.2, 0.25) is 0 Å². The van der Waals surface area contributed by atoms with E-state index in [1.165, 1.54) is 38.5 Å². The van der Waals surface area contributed by atoms with Crippen LogP contribution in [0.3, 0.4) is 0 Å². The van der Waals surface area contributed by atoms with Gasteiger partial charge < -0.3 is 11.5 Å². The lowest BCUT2D eigenvalue weighted by Crippen LogP contribution is -2.67. The van der Waals surface area contributed by atoms with Gasteiger partial charge in [-0.3, -0.25) is 0 Å². The average Bonchev–Trinajstić information content (AvgIpc) is 2.28. The fourth-order valence-electron chi connectivity index (χ4n) is 3.11. The summed E-state index contributed by atoms with van der Waals surface area (Å²) in [5.41, 5.74) is 13.1. The molecule has 2 heteroatoms. The minimum Gasteiger partial charge on any atom is -0.324 e. The standard InChI is InChI=1S/C14H30N2/c1-3-5-9-13(15)11-7-8-12-14(13,16)10-6-4-2/h3-12,15-16H2,1-2H3. The number of unbranched alkanes of at least 4 members (excludes halogenated alkanes) is 2. The molecule has 0 aliphatic heterocycles. The molecular formula is C14H30N2. The average molecular weight is 226 g/mol. The Kier molecular flexibility index (Phi) is 5.26. The zero-order valence-corrected chi connectivity index (χ0v) is 11.2. The van der Waals surface area contributed by atoms with Gasteiger partial charge in [0, 0.05) is 11.1 Å². The number of hydrogen-bond acceptors (Lipinski definition) is 2. The van der Waals surface area contributed by atoms with E-state index in [-0.39, 0.29) is 11.1 Å². The van der Waals surface area contributed by atoms with Gasteiger partial charge in [0.25, 0.3) is 0 Å². The Balaban J connectivity index is 2.67. The molecule has 1 fully saturated rings. The highest BCUT2D eigenvalue weighted by atomic mass is 14.9. The molecule has 4 N–H and O–H groups in total. The van der Waals surface area contributed by atoms with Crippen molar-refractivity contribution in [3.63, 3.8) is 0 Å². The quantitative estimate of drug-likeness (QED) is 0.730. The third-order valence-corrected chi connectivity index (χ3v) is 4.44. The van der Waals surface area contributed by atoms with Crippen LogP contribution in [0, 0.1) is 0 Å². The third-order valence-electron chi connectivity index (χ3n) is 4.44. The molecule has 0 saturated heterocycles. The van der Waals surface area contributed by atoms with Crippen LogP contribution in [-0.4, -0.2) is 11.1 Å². The summed E-state index contributed by atoms with van der Waals surface area (Å²) in [5, 5.41) is 0. The zero-order chi connectivity index (χ0) is 12.1. The number of hydrogen-bond donors (Lipinski definition) is 2. The van der Waals surface area contributed by atoms with Crippen molar-refractivity contribution in [3.05, 3.63) is 0 Å². The summed E-state index contributed by atoms with van der Waals surface area (Å²) in [6.45, 7) is 4.47. The fourth-order valence-corrected chi connectivity index (χ4v) is 3.11. The van der Waals surface area contributed by atoms with E-state index >= 15 is 0 Å². The predicted molar refractivity (Wildman–Crippen MR) is 71.4 cm³/mol. The van der Waals surface area contributed by atoms with Gasteiger partial charge in [0.15, 0.2) is 0 Å². The van der Waals surface area contributed by atoms with E-state index in [0.717, 1.165) is 25.7 Å². The van der Waals surface area contributed by atoms with Crippen LogP contribution in [0.2, 0.25) is 0 Å². The second-order valence-electron chi connectivity index (χ2n) is 5.73. The van der Waals surface area contributed by atoms with Crippen LogP contribution in [-0.2, 0) is 0 Å². The Morgan fingerprint density at radius 1 is 0.812 bits per heavy atom. The van der Waals surface area contributed by atoms with Crippen LogP contribution in [0.4, 0.5) is 0 Å². The van der Waals surface area contributed by atoms with Gasteiger partial charge in [0.05, 0.1) is 0 Å². The van der Waals surface area contributed by atoms with Crippen molar-refractivity contribution < 1.29 is 0 Å². The van der Waals surface area contributed by atoms with Gasteiger partial charge in [-0.1, -0.05) is 52.4 Å². The van der Waals surface area contributed by atoms with Crippen LogP contribution in [0.5, 0.6) is 0 Å². The van der Waals surface area contributed by atoms with Crippen molar-refractivity contribution >= 4 is 0 Å². The molecule has 0 amide bonds. The molecule has 1 aliphatic rings. The molecule has 2 atom stereocenters. The second kappa shape index (κ2) is 6.02. The molecule has 1 aliphatic carbocycles. The smallest absolute Gasteiger partial charge is 0.0336 e. The van der Waals surface area contributed by atoms with E-state index < -0.39 is 0 Å². The van der Waals surface area contributed by atoms with E-state index in [1.54, 1.807) is 0 Å². The maximum absolute atomic E-state index is 6.64. The monoisotopic (exact) mass is 226 g/mol. The highest BCUT2D eigenvalue weighted by Crippen LogP contribution is 2.40. The maximum Gasteiger partial charge on any atom is 0.0336 e. The van der Waals surface area contributed by atoms with E-state index in [2.05, 4.69) is 13.8 Å². The Labute approximate surface area is 101 Å². The van der Waals surface area contributed by atoms with Crippen LogP contribution < -0.4 is 11.5 Å². The summed E-state index contributed by atoms with van der Waals surface area (Å²) in [6, 6.07) is 0. The van der Waals surface area contributed by atoms with E-state index in [1.807, 2.05) is 0 Å². The summed E-state index contributed by atoms with van der Waals surface area (Å²) < 4.78 is 0. The maximum atomic E-state index is 6.64. The van der Waals surface area contributed by atoms with Gasteiger partial charge in [-0.15, -0.1) is 0 Å². The fraction of sp³-hybridized carbons (Fsp3) is 1.00. The molecule has 0 aromatic carbocycles. The zero-order valence-electron chi connectivity index (χ0n) is 11.2. The predicted octanol–water partition coefficient (Wildman–Crippen LogP) is 3.34. The molecule has 1 saturated carbocycles. The second-order valence-corrected chi connectivity index (χ2v) is 5.73. The third kappa shape index (κ3) is 2.98. The first-order chi connectivity index (χ1) is 7.58. The van der Waals surface area contributed by atoms with Gasteiger partial charge in [0.1, 0.15) is 0 Å². The molecule has 0 bridgehead atoms. The minimum absolute atomic E-state index is 0.0869. The Morgan fingerprint density at radius 3 is 1.50 bits per heavy atom. The van der Waals surface area contributed by atoms with Crippen molar-refractivity contribution in [1.82, 2.24) is 0 Å². The Morgan fingerprint density at radius 2 is 1.19 bits per heavy atom. The summed E-state index contributed by atoms with van der Waals surface area (Å²) in [6.07, 6.45) is 11.9. The van der Waals surface area contributed by atoms with Crippen molar-refractivity contribution in [3.8, 4) is 0 Å². The summed E-state index contributed by atoms with van der Waals surface area (Å²) in [7, 11) is 0. The molecule has 1 rings (SSSR count). The Hall–Kier alpha value is -0.0800. The molecule has 2 nitrogen and oxygen atoms in total. The van der Waals surface area contributed by atoms with Crippen molar-refractivity contribution in [2.24, 2.45) is 11.5 Å². The summed E-state index contributed by atoms with van der Waals surface area (Å²) in [4.78, 5) is 0. The van der Waals surface area contributed by atoms with Gasteiger partial charge in [-0.2, -0.15) is 0 Å². The molecule has 0 heterocycles. The molecule has 0 aromatic rings. The van der Waals surface area contributed by atoms with Crippen LogP contribution in [0.15, 0.2) is 0 Å². The summed E-state index contributed by atoms with van der Waals surface area (Å²) in [5.74, 6) is 0. The lowest BCUT2D eigenvalue weighted by atomic mass is 9.64. The first-order valence-electron chi connectivity index (χ1n) is 7.16. The lowest BCUT2D eigenvalue weighted by molar-refractivity contribution is 0.122. The van der Waals surface area contributed by atoms with Gasteiger partial charge >= 0.3 is 0 Å². The highest BCUT2D eigenvalue weighted by Gasteiger charge is 2.46. The largest absolute Gasteiger partial charge is 0.324 e. The molecule has 0 aromatic heterocycles. The normalized spacial score (nSPS) is 35.2. The number of nitrogens with two attached hydrogens (primary N) is 2. The van der Waals surface area contributed by atoms with E-state index in [0.29, 0.717) is 0 Å². The van der Waals surface area contributed by atoms with Crippen molar-refractivity contribution in [1.29, 1.82) is 0 Å². The van der Waals surface area contributed by atoms with E-state index in [9.17, 15) is 0 Å². The molecule has 96 valence electrons. The van der Waals surface area contributed by atoms with Crippen LogP contribution in [0.1, 0.15) is 78.1 Å². The van der Waals surface area contributed by atoms with Gasteiger partial charge in [-0.25, -0.2) is 0 Å². The SMILES string of the molecule is CCCCC1(N)CCCCC1(N)CCCC. The first kappa shape index (κ1) is 14.0. The van der Waals surface area contributed by atoms with E-state index in [4.69, 9.17) is 11.5 Å². The lowest BCUT2D eigenvalue weighted by Gasteiger charge is -2.50. The molecule has 16 heavy (non-hydrogen) atoms.